The molecular weight excluding hydrogens is 446 g/mol. The summed E-state index contributed by atoms with van der Waals surface area (Å²) in [6.45, 7) is 1.54. The van der Waals surface area contributed by atoms with Crippen LogP contribution in [0.1, 0.15) is 12.1 Å². The average molecular weight is 469 g/mol. The zero-order chi connectivity index (χ0) is 22.2. The summed E-state index contributed by atoms with van der Waals surface area (Å²) in [6, 6.07) is 13.9. The van der Waals surface area contributed by atoms with E-state index in [1.165, 1.54) is 11.3 Å². The number of carboxylic acid groups (broad SMARTS) is 1. The van der Waals surface area contributed by atoms with Gasteiger partial charge in [0.2, 0.25) is 5.69 Å². The molecule has 0 spiro atoms. The Kier molecular flexibility index (Phi) is 5.62. The number of anilines is 1. The first-order chi connectivity index (χ1) is 15.5. The topological polar surface area (TPSA) is 79.0 Å². The van der Waals surface area contributed by atoms with Crippen molar-refractivity contribution < 1.29 is 19.2 Å². The number of aryl methyl sites for hydroxylation is 1. The Morgan fingerprint density at radius 3 is 2.81 bits per heavy atom. The molecule has 1 unspecified atom stereocenters. The highest BCUT2D eigenvalue weighted by Gasteiger charge is 2.27. The van der Waals surface area contributed by atoms with Gasteiger partial charge in [0.1, 0.15) is 20.6 Å². The number of aliphatic carboxylic acids is 1. The molecule has 2 aromatic heterocycles. The summed E-state index contributed by atoms with van der Waals surface area (Å²) in [4.78, 5) is 27.7. The van der Waals surface area contributed by atoms with E-state index in [-0.39, 0.29) is 18.1 Å². The predicted octanol–water partition coefficient (Wildman–Crippen LogP) is 1.21. The lowest BCUT2D eigenvalue weighted by Gasteiger charge is -2.11. The number of nitrogens with zero attached hydrogens (tertiary/aromatic N) is 3. The summed E-state index contributed by atoms with van der Waals surface area (Å²) >= 11 is 3.08. The molecule has 4 heterocycles. The zero-order valence-electron chi connectivity index (χ0n) is 17.4. The van der Waals surface area contributed by atoms with Gasteiger partial charge < -0.3 is 14.7 Å². The lowest BCUT2D eigenvalue weighted by molar-refractivity contribution is -0.697. The highest BCUT2D eigenvalue weighted by molar-refractivity contribution is 8.08. The second kappa shape index (κ2) is 8.57. The molecule has 1 saturated heterocycles. The van der Waals surface area contributed by atoms with Gasteiger partial charge in [-0.05, 0) is 18.2 Å². The van der Waals surface area contributed by atoms with Crippen molar-refractivity contribution in [3.63, 3.8) is 0 Å². The van der Waals surface area contributed by atoms with E-state index in [0.29, 0.717) is 24.2 Å². The van der Waals surface area contributed by atoms with E-state index in [1.54, 1.807) is 16.3 Å². The van der Waals surface area contributed by atoms with Crippen LogP contribution in [0.4, 0.5) is 5.69 Å². The fraction of sp³-hybridized carbons (Fsp3) is 0.261. The fourth-order valence-electron chi connectivity index (χ4n) is 3.69. The lowest BCUT2D eigenvalue weighted by Crippen LogP contribution is -2.39. The molecule has 7 nitrogen and oxygen atoms in total. The van der Waals surface area contributed by atoms with E-state index in [0.717, 1.165) is 26.0 Å². The maximum atomic E-state index is 13.5. The molecule has 2 aliphatic heterocycles. The first-order valence-electron chi connectivity index (χ1n) is 10.3. The number of aromatic nitrogens is 2. The second-order valence-electron chi connectivity index (χ2n) is 7.68. The van der Waals surface area contributed by atoms with Gasteiger partial charge >= 0.3 is 5.97 Å². The van der Waals surface area contributed by atoms with Gasteiger partial charge in [-0.3, -0.25) is 14.2 Å². The Bertz CT molecular complexity index is 1370. The van der Waals surface area contributed by atoms with Crippen molar-refractivity contribution in [2.45, 2.75) is 30.5 Å². The van der Waals surface area contributed by atoms with E-state index in [1.807, 2.05) is 54.2 Å². The molecule has 1 atom stereocenters. The number of rotatable bonds is 6. The highest BCUT2D eigenvalue weighted by atomic mass is 32.2. The standard InChI is InChI=1S/C23H21N3O4S2/c1-24-17-7-2-3-8-18(17)31-23(24)21-22(29)26(13-16-14-30-16)19(32-21)12-15-6-4-5-10-25(15)11-9-20(27)28/h2-8,10,12,16H,9,11,13-14H2,1H3/p+1/b23-21+. The largest absolute Gasteiger partial charge is 0.481 e. The molecule has 1 N–H and O–H groups in total. The summed E-state index contributed by atoms with van der Waals surface area (Å²) in [5.74, 6) is -0.842. The number of carboxylic acids is 1. The number of benzene rings is 1. The van der Waals surface area contributed by atoms with Crippen molar-refractivity contribution >= 4 is 45.9 Å². The maximum Gasteiger partial charge on any atom is 0.309 e. The molecule has 0 saturated carbocycles. The monoisotopic (exact) mass is 468 g/mol. The van der Waals surface area contributed by atoms with Crippen molar-refractivity contribution in [1.82, 2.24) is 4.57 Å². The summed E-state index contributed by atoms with van der Waals surface area (Å²) in [5.41, 5.74) is 1.93. The zero-order valence-corrected chi connectivity index (χ0v) is 19.1. The average Bonchev–Trinajstić information content (AvgIpc) is 3.49. The van der Waals surface area contributed by atoms with Crippen LogP contribution in [-0.2, 0) is 22.6 Å². The van der Waals surface area contributed by atoms with E-state index in [4.69, 9.17) is 9.84 Å². The van der Waals surface area contributed by atoms with Gasteiger partial charge in [0, 0.05) is 30.2 Å². The molecule has 1 fully saturated rings. The Hall–Kier alpha value is -2.88. The molecule has 32 heavy (non-hydrogen) atoms. The van der Waals surface area contributed by atoms with Gasteiger partial charge in [-0.1, -0.05) is 23.9 Å². The van der Waals surface area contributed by atoms with E-state index < -0.39 is 5.97 Å². The summed E-state index contributed by atoms with van der Waals surface area (Å²) in [6.07, 6.45) is 3.92. The van der Waals surface area contributed by atoms with Gasteiger partial charge in [-0.15, -0.1) is 11.3 Å². The minimum atomic E-state index is -0.842. The van der Waals surface area contributed by atoms with E-state index >= 15 is 0 Å². The summed E-state index contributed by atoms with van der Waals surface area (Å²) in [5, 5.41) is 10.0. The molecule has 9 heteroatoms. The van der Waals surface area contributed by atoms with Crippen LogP contribution in [0.3, 0.4) is 0 Å². The fourth-order valence-corrected chi connectivity index (χ4v) is 6.09. The first-order valence-corrected chi connectivity index (χ1v) is 11.9. The minimum Gasteiger partial charge on any atom is -0.481 e. The highest BCUT2D eigenvalue weighted by Crippen LogP contribution is 2.44. The number of ether oxygens (including phenoxy) is 1. The molecule has 1 aromatic carbocycles. The van der Waals surface area contributed by atoms with Crippen molar-refractivity contribution in [2.24, 2.45) is 0 Å². The molecule has 0 aliphatic carbocycles. The molecule has 5 rings (SSSR count). The van der Waals surface area contributed by atoms with Gasteiger partial charge in [-0.2, -0.15) is 4.57 Å². The van der Waals surface area contributed by atoms with Gasteiger partial charge in [-0.25, -0.2) is 0 Å². The van der Waals surface area contributed by atoms with Crippen LogP contribution >= 0.6 is 23.1 Å². The number of hydrogen-bond acceptors (Lipinski definition) is 6. The van der Waals surface area contributed by atoms with Crippen LogP contribution in [0.5, 0.6) is 0 Å². The molecule has 0 amide bonds. The number of thioether (sulfide) groups is 1. The number of carbonyl (C=O) groups is 1. The Labute approximate surface area is 192 Å². The number of epoxide rings is 1. The first kappa shape index (κ1) is 21.0. The van der Waals surface area contributed by atoms with Crippen molar-refractivity contribution in [1.29, 1.82) is 0 Å². The van der Waals surface area contributed by atoms with Crippen LogP contribution in [-0.4, -0.2) is 35.4 Å². The third-order valence-corrected chi connectivity index (χ3v) is 7.93. The summed E-state index contributed by atoms with van der Waals surface area (Å²) in [7, 11) is 1.99. The number of hydrogen-bond donors (Lipinski definition) is 1. The molecule has 0 bridgehead atoms. The third kappa shape index (κ3) is 4.11. The Morgan fingerprint density at radius 2 is 2.06 bits per heavy atom. The smallest absolute Gasteiger partial charge is 0.309 e. The van der Waals surface area contributed by atoms with Crippen LogP contribution in [0.15, 0.2) is 58.4 Å². The van der Waals surface area contributed by atoms with Crippen molar-refractivity contribution in [3.05, 3.63) is 73.9 Å². The van der Waals surface area contributed by atoms with Crippen LogP contribution < -0.4 is 24.2 Å². The number of fused-ring (bicyclic) bond motifs is 1. The molecular formula is C23H22N3O4S2+. The lowest BCUT2D eigenvalue weighted by atomic mass is 10.3. The van der Waals surface area contributed by atoms with Crippen LogP contribution in [0.25, 0.3) is 11.1 Å². The van der Waals surface area contributed by atoms with Gasteiger partial charge in [0.25, 0.3) is 5.56 Å². The number of pyridine rings is 1. The summed E-state index contributed by atoms with van der Waals surface area (Å²) < 4.78 is 10.6. The second-order valence-corrected chi connectivity index (χ2v) is 9.74. The van der Waals surface area contributed by atoms with Crippen LogP contribution in [0.2, 0.25) is 0 Å². The Morgan fingerprint density at radius 1 is 1.28 bits per heavy atom. The Balaban J connectivity index is 1.65. The number of thiazole rings is 1. The minimum absolute atomic E-state index is 0.0214. The maximum absolute atomic E-state index is 13.5. The van der Waals surface area contributed by atoms with Crippen LogP contribution in [0, 0.1) is 0 Å². The van der Waals surface area contributed by atoms with Gasteiger partial charge in [0.15, 0.2) is 12.7 Å². The van der Waals surface area contributed by atoms with Crippen molar-refractivity contribution in [2.75, 3.05) is 18.6 Å². The molecule has 2 aliphatic rings. The SMILES string of the molecule is CN1/C(=c2\s/c(=C\c3cccc[n+]3CCC(=O)O)n(CC3CO3)c2=O)Sc2ccccc21. The molecule has 3 aromatic rings. The van der Waals surface area contributed by atoms with E-state index in [9.17, 15) is 9.59 Å². The number of para-hydroxylation sites is 1. The van der Waals surface area contributed by atoms with E-state index in [2.05, 4.69) is 17.0 Å². The normalized spacial score (nSPS) is 19.3. The predicted molar refractivity (Wildman–Crippen MR) is 124 cm³/mol. The quantitative estimate of drug-likeness (QED) is 0.433. The van der Waals surface area contributed by atoms with Gasteiger partial charge in [0.05, 0.1) is 24.9 Å². The third-order valence-electron chi connectivity index (χ3n) is 5.45. The molecule has 164 valence electrons. The van der Waals surface area contributed by atoms with Crippen molar-refractivity contribution in [3.8, 4) is 0 Å². The molecule has 0 radical (unpaired) electrons.